The molecule has 0 saturated carbocycles. The topological polar surface area (TPSA) is 110 Å². The molecule has 214 valence electrons. The SMILES string of the molecule is CC1CCN(C(=O)c2ccc(-c3cc4c(c(C(F)(F)F)c3)OC(CNC(=O)/C=C/c3ccc(N)nc3)CC4)nc2)C1. The zero-order chi connectivity index (χ0) is 29.1. The van der Waals surface area contributed by atoms with Crippen molar-refractivity contribution in [1.82, 2.24) is 20.2 Å². The van der Waals surface area contributed by atoms with Crippen molar-refractivity contribution in [3.8, 4) is 17.0 Å². The number of nitrogens with two attached hydrogens (primary N) is 1. The normalized spacial score (nSPS) is 18.7. The van der Waals surface area contributed by atoms with Crippen LogP contribution in [0.2, 0.25) is 0 Å². The summed E-state index contributed by atoms with van der Waals surface area (Å²) in [6.45, 7) is 3.51. The van der Waals surface area contributed by atoms with E-state index in [1.54, 1.807) is 41.3 Å². The molecule has 0 spiro atoms. The lowest BCUT2D eigenvalue weighted by Crippen LogP contribution is -2.37. The average Bonchev–Trinajstić information content (AvgIpc) is 3.40. The van der Waals surface area contributed by atoms with E-state index in [2.05, 4.69) is 22.2 Å². The quantitative estimate of drug-likeness (QED) is 0.418. The van der Waals surface area contributed by atoms with Crippen LogP contribution in [0.1, 0.15) is 46.8 Å². The van der Waals surface area contributed by atoms with Crippen LogP contribution in [0.4, 0.5) is 19.0 Å². The van der Waals surface area contributed by atoms with Gasteiger partial charge in [-0.3, -0.25) is 14.6 Å². The van der Waals surface area contributed by atoms with Gasteiger partial charge in [0.05, 0.1) is 23.4 Å². The van der Waals surface area contributed by atoms with Crippen LogP contribution >= 0.6 is 0 Å². The number of likely N-dealkylation sites (tertiary alicyclic amines) is 1. The van der Waals surface area contributed by atoms with E-state index < -0.39 is 23.8 Å². The van der Waals surface area contributed by atoms with E-state index in [1.807, 2.05) is 0 Å². The first-order valence-electron chi connectivity index (χ1n) is 13.4. The first-order valence-corrected chi connectivity index (χ1v) is 13.4. The van der Waals surface area contributed by atoms with Crippen LogP contribution in [0.25, 0.3) is 17.3 Å². The minimum atomic E-state index is -4.66. The van der Waals surface area contributed by atoms with Crippen LogP contribution in [-0.2, 0) is 17.4 Å². The van der Waals surface area contributed by atoms with Gasteiger partial charge in [0.2, 0.25) is 5.91 Å². The molecule has 4 heterocycles. The summed E-state index contributed by atoms with van der Waals surface area (Å²) < 4.78 is 48.2. The molecule has 1 fully saturated rings. The number of nitrogen functional groups attached to an aromatic ring is 1. The second-order valence-corrected chi connectivity index (χ2v) is 10.5. The molecule has 3 aromatic rings. The number of amides is 2. The number of alkyl halides is 3. The van der Waals surface area contributed by atoms with Crippen molar-refractivity contribution in [2.24, 2.45) is 5.92 Å². The molecule has 2 aliphatic heterocycles. The Morgan fingerprint density at radius 2 is 1.98 bits per heavy atom. The highest BCUT2D eigenvalue weighted by Crippen LogP contribution is 2.43. The molecule has 8 nitrogen and oxygen atoms in total. The highest BCUT2D eigenvalue weighted by Gasteiger charge is 2.38. The summed E-state index contributed by atoms with van der Waals surface area (Å²) in [6, 6.07) is 9.16. The van der Waals surface area contributed by atoms with E-state index in [4.69, 9.17) is 10.5 Å². The molecule has 0 radical (unpaired) electrons. The van der Waals surface area contributed by atoms with Crippen molar-refractivity contribution in [3.05, 3.63) is 77.1 Å². The maximum absolute atomic E-state index is 14.1. The molecule has 2 atom stereocenters. The van der Waals surface area contributed by atoms with Crippen molar-refractivity contribution in [2.45, 2.75) is 38.5 Å². The molecule has 5 rings (SSSR count). The number of carbonyl (C=O) groups is 2. The number of hydrogen-bond acceptors (Lipinski definition) is 6. The number of halogens is 3. The number of fused-ring (bicyclic) bond motifs is 1. The number of aryl methyl sites for hydroxylation is 1. The summed E-state index contributed by atoms with van der Waals surface area (Å²) in [7, 11) is 0. The molecule has 0 aliphatic carbocycles. The molecule has 1 saturated heterocycles. The number of aromatic nitrogens is 2. The molecule has 1 aromatic carbocycles. The Morgan fingerprint density at radius 1 is 1.15 bits per heavy atom. The van der Waals surface area contributed by atoms with E-state index in [0.717, 1.165) is 12.5 Å². The molecule has 2 aliphatic rings. The van der Waals surface area contributed by atoms with Crippen LogP contribution in [0.3, 0.4) is 0 Å². The predicted molar refractivity (Wildman–Crippen MR) is 148 cm³/mol. The van der Waals surface area contributed by atoms with Gasteiger partial charge in [0.15, 0.2) is 0 Å². The average molecular weight is 566 g/mol. The van der Waals surface area contributed by atoms with Crippen molar-refractivity contribution < 1.29 is 27.5 Å². The fraction of sp³-hybridized carbons (Fsp3) is 0.333. The summed E-state index contributed by atoms with van der Waals surface area (Å²) in [5.74, 6) is 0.0367. The lowest BCUT2D eigenvalue weighted by atomic mass is 9.94. The Bertz CT molecular complexity index is 1460. The Hall–Kier alpha value is -4.41. The van der Waals surface area contributed by atoms with Crippen molar-refractivity contribution in [2.75, 3.05) is 25.4 Å². The number of ether oxygens (including phenoxy) is 1. The van der Waals surface area contributed by atoms with E-state index >= 15 is 0 Å². The van der Waals surface area contributed by atoms with Gasteiger partial charge < -0.3 is 20.7 Å². The third-order valence-electron chi connectivity index (χ3n) is 7.25. The molecule has 2 aromatic heterocycles. The highest BCUT2D eigenvalue weighted by molar-refractivity contribution is 5.94. The zero-order valence-corrected chi connectivity index (χ0v) is 22.4. The molecule has 2 amide bonds. The van der Waals surface area contributed by atoms with Gasteiger partial charge in [0.25, 0.3) is 5.91 Å². The van der Waals surface area contributed by atoms with Crippen LogP contribution < -0.4 is 15.8 Å². The number of rotatable bonds is 6. The minimum absolute atomic E-state index is 0.0501. The van der Waals surface area contributed by atoms with E-state index in [-0.39, 0.29) is 18.2 Å². The van der Waals surface area contributed by atoms with Gasteiger partial charge in [-0.15, -0.1) is 0 Å². The Labute approximate surface area is 235 Å². The largest absolute Gasteiger partial charge is 0.488 e. The van der Waals surface area contributed by atoms with E-state index in [9.17, 15) is 22.8 Å². The number of hydrogen-bond donors (Lipinski definition) is 2. The van der Waals surface area contributed by atoms with Crippen molar-refractivity contribution in [3.63, 3.8) is 0 Å². The van der Waals surface area contributed by atoms with Crippen LogP contribution in [0.5, 0.6) is 5.75 Å². The van der Waals surface area contributed by atoms with Crippen molar-refractivity contribution >= 4 is 23.7 Å². The first kappa shape index (κ1) is 28.1. The van der Waals surface area contributed by atoms with Crippen LogP contribution in [-0.4, -0.2) is 52.4 Å². The second-order valence-electron chi connectivity index (χ2n) is 10.5. The Kier molecular flexibility index (Phi) is 7.96. The monoisotopic (exact) mass is 565 g/mol. The zero-order valence-electron chi connectivity index (χ0n) is 22.4. The lowest BCUT2D eigenvalue weighted by Gasteiger charge is -2.29. The van der Waals surface area contributed by atoms with Crippen LogP contribution in [0, 0.1) is 5.92 Å². The predicted octanol–water partition coefficient (Wildman–Crippen LogP) is 4.75. The number of anilines is 1. The Balaban J connectivity index is 1.28. The highest BCUT2D eigenvalue weighted by atomic mass is 19.4. The lowest BCUT2D eigenvalue weighted by molar-refractivity contribution is -0.139. The number of carbonyl (C=O) groups excluding carboxylic acids is 2. The number of nitrogens with zero attached hydrogens (tertiary/aromatic N) is 3. The fourth-order valence-corrected chi connectivity index (χ4v) is 5.01. The maximum atomic E-state index is 14.1. The summed E-state index contributed by atoms with van der Waals surface area (Å²) in [6.07, 6.45) is 2.23. The van der Waals surface area contributed by atoms with Gasteiger partial charge in [-0.2, -0.15) is 13.2 Å². The van der Waals surface area contributed by atoms with Gasteiger partial charge in [-0.1, -0.05) is 6.92 Å². The summed E-state index contributed by atoms with van der Waals surface area (Å²) >= 11 is 0. The van der Waals surface area contributed by atoms with Crippen molar-refractivity contribution in [1.29, 1.82) is 0 Å². The minimum Gasteiger partial charge on any atom is -0.488 e. The number of nitrogens with one attached hydrogen (secondary N) is 1. The molecule has 11 heteroatoms. The van der Waals surface area contributed by atoms with Crippen LogP contribution in [0.15, 0.2) is 54.9 Å². The smallest absolute Gasteiger partial charge is 0.419 e. The van der Waals surface area contributed by atoms with Gasteiger partial charge in [0.1, 0.15) is 17.7 Å². The number of benzene rings is 1. The molecule has 3 N–H and O–H groups in total. The molecular weight excluding hydrogens is 535 g/mol. The third-order valence-corrected chi connectivity index (χ3v) is 7.25. The number of pyridine rings is 2. The molecule has 2 unspecified atom stereocenters. The molecule has 41 heavy (non-hydrogen) atoms. The van der Waals surface area contributed by atoms with Gasteiger partial charge in [-0.05, 0) is 78.8 Å². The van der Waals surface area contributed by atoms with Gasteiger partial charge >= 0.3 is 6.18 Å². The first-order chi connectivity index (χ1) is 19.6. The van der Waals surface area contributed by atoms with E-state index in [0.29, 0.717) is 65.6 Å². The second kappa shape index (κ2) is 11.6. The molecule has 0 bridgehead atoms. The Morgan fingerprint density at radius 3 is 2.63 bits per heavy atom. The third kappa shape index (κ3) is 6.67. The van der Waals surface area contributed by atoms with E-state index in [1.165, 1.54) is 18.5 Å². The summed E-state index contributed by atoms with van der Waals surface area (Å²) in [5, 5.41) is 2.68. The maximum Gasteiger partial charge on any atom is 0.419 e. The fourth-order valence-electron chi connectivity index (χ4n) is 5.01. The summed E-state index contributed by atoms with van der Waals surface area (Å²) in [4.78, 5) is 35.0. The molecular formula is C30H30F3N5O3. The summed E-state index contributed by atoms with van der Waals surface area (Å²) in [5.41, 5.74) is 6.78. The van der Waals surface area contributed by atoms with Gasteiger partial charge in [0, 0.05) is 37.1 Å². The standard InChI is InChI=1S/C30H30F3N5O3/c1-18-10-11-38(17-18)29(40)21-5-7-25(35-15-21)22-12-20-4-6-23(41-28(20)24(13-22)30(31,32)33)16-37-27(39)9-3-19-2-8-26(34)36-14-19/h2-3,5,7-9,12-15,18,23H,4,6,10-11,16-17H2,1H3,(H2,34,36)(H,37,39)/b9-3+. The van der Waals surface area contributed by atoms with Gasteiger partial charge in [-0.25, -0.2) is 4.98 Å².